The Morgan fingerprint density at radius 1 is 1.29 bits per heavy atom. The number of carbonyl (C=O) groups excluding carboxylic acids is 1. The lowest BCUT2D eigenvalue weighted by Crippen LogP contribution is -2.32. The zero-order valence-electron chi connectivity index (χ0n) is 19.7. The van der Waals surface area contributed by atoms with Crippen LogP contribution in [-0.4, -0.2) is 47.1 Å². The minimum Gasteiger partial charge on any atom is -0.475 e. The van der Waals surface area contributed by atoms with Crippen LogP contribution < -0.4 is 20.3 Å². The van der Waals surface area contributed by atoms with Gasteiger partial charge in [0.1, 0.15) is 17.7 Å². The summed E-state index contributed by atoms with van der Waals surface area (Å²) in [4.78, 5) is 30.2. The van der Waals surface area contributed by atoms with Crippen LogP contribution in [0.1, 0.15) is 34.3 Å². The van der Waals surface area contributed by atoms with Crippen molar-refractivity contribution in [3.63, 3.8) is 0 Å². The maximum atomic E-state index is 13.0. The van der Waals surface area contributed by atoms with E-state index in [1.54, 1.807) is 68.7 Å². The van der Waals surface area contributed by atoms with E-state index in [4.69, 9.17) is 14.7 Å². The van der Waals surface area contributed by atoms with Crippen LogP contribution in [0.25, 0.3) is 10.9 Å². The van der Waals surface area contributed by atoms with E-state index in [1.807, 2.05) is 0 Å². The molecule has 1 amide bonds. The highest BCUT2D eigenvalue weighted by Gasteiger charge is 2.45. The molecule has 9 nitrogen and oxygen atoms in total. The van der Waals surface area contributed by atoms with E-state index in [-0.39, 0.29) is 16.9 Å². The highest BCUT2D eigenvalue weighted by atomic mass is 32.2. The molecular formula is C25H27N5O4S. The highest BCUT2D eigenvalue weighted by molar-refractivity contribution is 7.99. The average molecular weight is 494 g/mol. The summed E-state index contributed by atoms with van der Waals surface area (Å²) in [5.41, 5.74) is 1.54. The first-order valence-electron chi connectivity index (χ1n) is 11.2. The Morgan fingerprint density at radius 2 is 2.06 bits per heavy atom. The Hall–Kier alpha value is -3.39. The maximum absolute atomic E-state index is 13.0. The number of pyridine rings is 2. The van der Waals surface area contributed by atoms with E-state index < -0.39 is 11.5 Å². The van der Waals surface area contributed by atoms with Crippen molar-refractivity contribution in [1.29, 1.82) is 5.26 Å². The summed E-state index contributed by atoms with van der Waals surface area (Å²) in [5.74, 6) is -0.0954. The molecule has 2 heterocycles. The Balaban J connectivity index is 1.48. The van der Waals surface area contributed by atoms with Crippen molar-refractivity contribution in [2.75, 3.05) is 26.9 Å². The van der Waals surface area contributed by atoms with Gasteiger partial charge in [0, 0.05) is 38.8 Å². The Kier molecular flexibility index (Phi) is 7.70. The topological polar surface area (TPSA) is 118 Å². The van der Waals surface area contributed by atoms with Gasteiger partial charge in [-0.25, -0.2) is 4.98 Å². The third kappa shape index (κ3) is 5.82. The molecule has 0 aliphatic heterocycles. The van der Waals surface area contributed by atoms with Gasteiger partial charge in [0.25, 0.3) is 11.5 Å². The van der Waals surface area contributed by atoms with Gasteiger partial charge in [-0.3, -0.25) is 14.3 Å². The number of hydrogen-bond donors (Lipinski definition) is 2. The number of nitrogens with zero attached hydrogens (tertiary/aromatic N) is 3. The Labute approximate surface area is 207 Å². The van der Waals surface area contributed by atoms with Crippen LogP contribution in [-0.2, 0) is 18.3 Å². The fourth-order valence-corrected chi connectivity index (χ4v) is 4.52. The molecule has 35 heavy (non-hydrogen) atoms. The number of amides is 1. The summed E-state index contributed by atoms with van der Waals surface area (Å²) < 4.78 is 15.9. The van der Waals surface area contributed by atoms with Crippen molar-refractivity contribution in [3.05, 3.63) is 69.6 Å². The average Bonchev–Trinajstić information content (AvgIpc) is 3.66. The number of ether oxygens (including phenoxy) is 2. The predicted octanol–water partition coefficient (Wildman–Crippen LogP) is 2.53. The molecule has 3 aromatic rings. The second-order valence-corrected chi connectivity index (χ2v) is 9.79. The van der Waals surface area contributed by atoms with E-state index in [9.17, 15) is 9.59 Å². The van der Waals surface area contributed by atoms with E-state index in [0.717, 1.165) is 24.9 Å². The highest BCUT2D eigenvalue weighted by Crippen LogP contribution is 2.47. The largest absolute Gasteiger partial charge is 0.475 e. The summed E-state index contributed by atoms with van der Waals surface area (Å²) in [7, 11) is 3.29. The monoisotopic (exact) mass is 493 g/mol. The van der Waals surface area contributed by atoms with Crippen molar-refractivity contribution in [2.45, 2.75) is 24.1 Å². The molecule has 1 aliphatic rings. The number of nitrogens with one attached hydrogen (secondary N) is 2. The van der Waals surface area contributed by atoms with Gasteiger partial charge in [0.15, 0.2) is 0 Å². The molecule has 0 bridgehead atoms. The molecule has 1 aromatic carbocycles. The summed E-state index contributed by atoms with van der Waals surface area (Å²) in [6.07, 6.45) is 3.68. The van der Waals surface area contributed by atoms with Crippen LogP contribution in [0.4, 0.5) is 0 Å². The minimum atomic E-state index is -0.466. The molecule has 0 saturated heterocycles. The van der Waals surface area contributed by atoms with Gasteiger partial charge in [-0.15, -0.1) is 0 Å². The zero-order chi connectivity index (χ0) is 24.8. The van der Waals surface area contributed by atoms with Crippen LogP contribution >= 0.6 is 11.9 Å². The fourth-order valence-electron chi connectivity index (χ4n) is 3.61. The third-order valence-corrected chi connectivity index (χ3v) is 7.16. The van der Waals surface area contributed by atoms with E-state index in [0.29, 0.717) is 35.6 Å². The Bertz CT molecular complexity index is 1310. The molecule has 0 unspecified atom stereocenters. The van der Waals surface area contributed by atoms with Crippen molar-refractivity contribution in [3.8, 4) is 11.9 Å². The number of methoxy groups -OCH3 is 1. The van der Waals surface area contributed by atoms with Gasteiger partial charge < -0.3 is 19.4 Å². The van der Waals surface area contributed by atoms with Crippen LogP contribution in [0.5, 0.6) is 5.88 Å². The number of hydrogen-bond acceptors (Lipinski definition) is 8. The zero-order valence-corrected chi connectivity index (χ0v) is 20.5. The van der Waals surface area contributed by atoms with Crippen LogP contribution in [0.2, 0.25) is 0 Å². The van der Waals surface area contributed by atoms with Crippen LogP contribution in [0, 0.1) is 11.3 Å². The Morgan fingerprint density at radius 3 is 2.74 bits per heavy atom. The van der Waals surface area contributed by atoms with Crippen molar-refractivity contribution >= 4 is 28.8 Å². The number of rotatable bonds is 11. The minimum absolute atomic E-state index is 0.0122. The van der Waals surface area contributed by atoms with Gasteiger partial charge in [-0.2, -0.15) is 5.26 Å². The SMILES string of the molecule is COCCNSC1(COc2nccc3cc(C(=O)NCc4ccc(C#N)cc4)c(=O)n(C)c23)CC1. The molecule has 2 aromatic heterocycles. The molecule has 1 aliphatic carbocycles. The van der Waals surface area contributed by atoms with Crippen molar-refractivity contribution in [1.82, 2.24) is 19.6 Å². The quantitative estimate of drug-likeness (QED) is 0.309. The van der Waals surface area contributed by atoms with Gasteiger partial charge in [0.2, 0.25) is 5.88 Å². The molecule has 2 N–H and O–H groups in total. The summed E-state index contributed by atoms with van der Waals surface area (Å²) in [5, 5.41) is 12.4. The van der Waals surface area contributed by atoms with Crippen LogP contribution in [0.15, 0.2) is 47.4 Å². The number of fused-ring (bicyclic) bond motifs is 1. The summed E-state index contributed by atoms with van der Waals surface area (Å²) in [6.45, 7) is 2.10. The molecule has 0 radical (unpaired) electrons. The maximum Gasteiger partial charge on any atom is 0.263 e. The van der Waals surface area contributed by atoms with Crippen molar-refractivity contribution in [2.24, 2.45) is 7.05 Å². The summed E-state index contributed by atoms with van der Waals surface area (Å²) >= 11 is 1.65. The summed E-state index contributed by atoms with van der Waals surface area (Å²) in [6, 6.07) is 12.3. The normalized spacial score (nSPS) is 13.9. The van der Waals surface area contributed by atoms with Crippen LogP contribution in [0.3, 0.4) is 0 Å². The lowest BCUT2D eigenvalue weighted by atomic mass is 10.1. The first-order chi connectivity index (χ1) is 17.0. The first kappa shape index (κ1) is 24.7. The lowest BCUT2D eigenvalue weighted by molar-refractivity contribution is 0.0949. The van der Waals surface area contributed by atoms with Gasteiger partial charge in [-0.05, 0) is 42.7 Å². The smallest absolute Gasteiger partial charge is 0.263 e. The second kappa shape index (κ2) is 10.9. The number of carbonyl (C=O) groups is 1. The molecule has 182 valence electrons. The fraction of sp³-hybridized carbons (Fsp3) is 0.360. The molecule has 10 heteroatoms. The third-order valence-electron chi connectivity index (χ3n) is 5.85. The molecule has 0 spiro atoms. The number of benzene rings is 1. The molecule has 1 saturated carbocycles. The van der Waals surface area contributed by atoms with Gasteiger partial charge in [0.05, 0.1) is 23.0 Å². The second-order valence-electron chi connectivity index (χ2n) is 8.43. The lowest BCUT2D eigenvalue weighted by Gasteiger charge is -2.17. The molecule has 4 rings (SSSR count). The number of aromatic nitrogens is 2. The predicted molar refractivity (Wildman–Crippen MR) is 134 cm³/mol. The van der Waals surface area contributed by atoms with Crippen molar-refractivity contribution < 1.29 is 14.3 Å². The molecule has 0 atom stereocenters. The van der Waals surface area contributed by atoms with E-state index >= 15 is 0 Å². The number of aryl methyl sites for hydroxylation is 1. The van der Waals surface area contributed by atoms with Gasteiger partial charge in [-0.1, -0.05) is 24.1 Å². The first-order valence-corrected chi connectivity index (χ1v) is 12.1. The molecule has 1 fully saturated rings. The van der Waals surface area contributed by atoms with E-state index in [1.165, 1.54) is 4.57 Å². The van der Waals surface area contributed by atoms with Gasteiger partial charge >= 0.3 is 0 Å². The van der Waals surface area contributed by atoms with E-state index in [2.05, 4.69) is 21.1 Å². The standard InChI is InChI=1S/C25H27N5O4S/c1-30-21-19(7-10-27-23(21)34-16-25(8-9-25)35-29-11-12-33-2)13-20(24(30)32)22(31)28-15-18-5-3-17(14-26)4-6-18/h3-7,10,13,29H,8-9,11-12,15-16H2,1-2H3,(H,28,31). The number of nitriles is 1. The molecular weight excluding hydrogens is 466 g/mol.